The Labute approximate surface area is 177 Å². The van der Waals surface area contributed by atoms with Crippen molar-refractivity contribution in [2.24, 2.45) is 4.99 Å². The van der Waals surface area contributed by atoms with E-state index in [4.69, 9.17) is 0 Å². The summed E-state index contributed by atoms with van der Waals surface area (Å²) >= 11 is 0. The fourth-order valence-electron chi connectivity index (χ4n) is 3.36. The first kappa shape index (κ1) is 21.4. The van der Waals surface area contributed by atoms with Crippen LogP contribution in [0.3, 0.4) is 0 Å². The molecule has 3 N–H and O–H groups in total. The van der Waals surface area contributed by atoms with E-state index in [-0.39, 0.29) is 18.4 Å². The molecule has 30 heavy (non-hydrogen) atoms. The molecule has 158 valence electrons. The van der Waals surface area contributed by atoms with Crippen molar-refractivity contribution in [3.05, 3.63) is 59.7 Å². The van der Waals surface area contributed by atoms with E-state index in [1.54, 1.807) is 7.05 Å². The summed E-state index contributed by atoms with van der Waals surface area (Å²) in [5.74, 6) is 0.599. The fraction of sp³-hybridized carbons (Fsp3) is 0.348. The zero-order chi connectivity index (χ0) is 21.3. The summed E-state index contributed by atoms with van der Waals surface area (Å²) in [4.78, 5) is 30.0. The first-order valence-electron chi connectivity index (χ1n) is 10.3. The van der Waals surface area contributed by atoms with Crippen molar-refractivity contribution in [3.63, 3.8) is 0 Å². The molecule has 0 bridgehead atoms. The SMILES string of the molecule is CCc1cccc(NC(=O)CNC(=NC)NCc2ccc(N3CCCC3=O)cc2)c1. The van der Waals surface area contributed by atoms with E-state index in [2.05, 4.69) is 27.9 Å². The van der Waals surface area contributed by atoms with Crippen LogP contribution in [0.5, 0.6) is 0 Å². The van der Waals surface area contributed by atoms with Crippen molar-refractivity contribution < 1.29 is 9.59 Å². The highest BCUT2D eigenvalue weighted by atomic mass is 16.2. The molecule has 7 nitrogen and oxygen atoms in total. The van der Waals surface area contributed by atoms with E-state index in [9.17, 15) is 9.59 Å². The first-order chi connectivity index (χ1) is 14.6. The monoisotopic (exact) mass is 407 g/mol. The van der Waals surface area contributed by atoms with Gasteiger partial charge in [-0.1, -0.05) is 31.2 Å². The third-order valence-corrected chi connectivity index (χ3v) is 5.04. The van der Waals surface area contributed by atoms with Gasteiger partial charge in [-0.2, -0.15) is 0 Å². The molecule has 0 saturated carbocycles. The summed E-state index contributed by atoms with van der Waals surface area (Å²) in [6, 6.07) is 15.8. The molecule has 2 aromatic carbocycles. The third-order valence-electron chi connectivity index (χ3n) is 5.04. The smallest absolute Gasteiger partial charge is 0.243 e. The van der Waals surface area contributed by atoms with Crippen LogP contribution in [0.15, 0.2) is 53.5 Å². The number of nitrogens with one attached hydrogen (secondary N) is 3. The molecule has 1 aliphatic rings. The van der Waals surface area contributed by atoms with Gasteiger partial charge in [-0.25, -0.2) is 0 Å². The first-order valence-corrected chi connectivity index (χ1v) is 10.3. The molecule has 0 aromatic heterocycles. The van der Waals surface area contributed by atoms with Crippen LogP contribution in [0.4, 0.5) is 11.4 Å². The Kier molecular flexibility index (Phi) is 7.43. The lowest BCUT2D eigenvalue weighted by Crippen LogP contribution is -2.41. The van der Waals surface area contributed by atoms with Crippen LogP contribution in [0.2, 0.25) is 0 Å². The van der Waals surface area contributed by atoms with Crippen molar-refractivity contribution in [1.82, 2.24) is 10.6 Å². The van der Waals surface area contributed by atoms with E-state index in [1.807, 2.05) is 53.4 Å². The van der Waals surface area contributed by atoms with Crippen LogP contribution >= 0.6 is 0 Å². The lowest BCUT2D eigenvalue weighted by Gasteiger charge is -2.16. The number of hydrogen-bond donors (Lipinski definition) is 3. The highest BCUT2D eigenvalue weighted by Gasteiger charge is 2.21. The lowest BCUT2D eigenvalue weighted by molar-refractivity contribution is -0.117. The number of aryl methyl sites for hydroxylation is 1. The Morgan fingerprint density at radius 1 is 1.10 bits per heavy atom. The number of amides is 2. The summed E-state index contributed by atoms with van der Waals surface area (Å²) in [5.41, 5.74) is 3.97. The molecule has 1 saturated heterocycles. The maximum Gasteiger partial charge on any atom is 0.243 e. The average molecular weight is 408 g/mol. The van der Waals surface area contributed by atoms with E-state index in [0.29, 0.717) is 18.9 Å². The van der Waals surface area contributed by atoms with E-state index in [1.165, 1.54) is 5.56 Å². The van der Waals surface area contributed by atoms with E-state index < -0.39 is 0 Å². The minimum Gasteiger partial charge on any atom is -0.352 e. The van der Waals surface area contributed by atoms with E-state index >= 15 is 0 Å². The number of benzene rings is 2. The number of carbonyl (C=O) groups excluding carboxylic acids is 2. The Balaban J connectivity index is 1.45. The molecular formula is C23H29N5O2. The molecule has 7 heteroatoms. The number of nitrogens with zero attached hydrogens (tertiary/aromatic N) is 2. The normalized spacial score (nSPS) is 14.0. The van der Waals surface area contributed by atoms with Gasteiger partial charge in [-0.15, -0.1) is 0 Å². The van der Waals surface area contributed by atoms with Gasteiger partial charge >= 0.3 is 0 Å². The maximum atomic E-state index is 12.2. The number of carbonyl (C=O) groups is 2. The molecule has 0 spiro atoms. The van der Waals surface area contributed by atoms with Crippen molar-refractivity contribution >= 4 is 29.1 Å². The topological polar surface area (TPSA) is 85.8 Å². The summed E-state index contributed by atoms with van der Waals surface area (Å²) in [7, 11) is 1.67. The summed E-state index contributed by atoms with van der Waals surface area (Å²) < 4.78 is 0. The Morgan fingerprint density at radius 2 is 1.90 bits per heavy atom. The number of anilines is 2. The zero-order valence-electron chi connectivity index (χ0n) is 17.6. The van der Waals surface area contributed by atoms with E-state index in [0.717, 1.165) is 36.3 Å². The quantitative estimate of drug-likeness (QED) is 0.487. The summed E-state index contributed by atoms with van der Waals surface area (Å²) in [6.45, 7) is 3.55. The van der Waals surface area contributed by atoms with Gasteiger partial charge in [0, 0.05) is 37.9 Å². The Bertz CT molecular complexity index is 908. The number of rotatable bonds is 7. The second-order valence-corrected chi connectivity index (χ2v) is 7.20. The van der Waals surface area contributed by atoms with Crippen LogP contribution in [0.1, 0.15) is 30.9 Å². The largest absolute Gasteiger partial charge is 0.352 e. The van der Waals surface area contributed by atoms with Crippen LogP contribution in [-0.4, -0.2) is 37.9 Å². The molecule has 0 atom stereocenters. The summed E-state index contributed by atoms with van der Waals surface area (Å²) in [6.07, 6.45) is 2.47. The molecule has 2 aromatic rings. The molecular weight excluding hydrogens is 378 g/mol. The molecule has 0 radical (unpaired) electrons. The van der Waals surface area contributed by atoms with Gasteiger partial charge in [0.25, 0.3) is 0 Å². The van der Waals surface area contributed by atoms with Gasteiger partial charge in [0.2, 0.25) is 11.8 Å². The molecule has 1 heterocycles. The van der Waals surface area contributed by atoms with Gasteiger partial charge < -0.3 is 20.9 Å². The molecule has 0 unspecified atom stereocenters. The molecule has 0 aliphatic carbocycles. The summed E-state index contributed by atoms with van der Waals surface area (Å²) in [5, 5.41) is 9.11. The minimum absolute atomic E-state index is 0.117. The molecule has 3 rings (SSSR count). The predicted molar refractivity (Wildman–Crippen MR) is 121 cm³/mol. The standard InChI is InChI=1S/C23H29N5O2/c1-3-17-6-4-7-19(14-17)27-21(29)16-26-23(24-2)25-15-18-9-11-20(12-10-18)28-13-5-8-22(28)30/h4,6-7,9-12,14H,3,5,8,13,15-16H2,1-2H3,(H,27,29)(H2,24,25,26). The molecule has 2 amide bonds. The number of aliphatic imine (C=N–C) groups is 1. The minimum atomic E-state index is -0.133. The average Bonchev–Trinajstić information content (AvgIpc) is 3.20. The van der Waals surface area contributed by atoms with Gasteiger partial charge in [-0.3, -0.25) is 14.6 Å². The van der Waals surface area contributed by atoms with Crippen molar-refractivity contribution in [1.29, 1.82) is 0 Å². The predicted octanol–water partition coefficient (Wildman–Crippen LogP) is 2.68. The molecule has 1 fully saturated rings. The van der Waals surface area contributed by atoms with Gasteiger partial charge in [0.05, 0.1) is 6.54 Å². The highest BCUT2D eigenvalue weighted by Crippen LogP contribution is 2.21. The number of guanidine groups is 1. The Hall–Kier alpha value is -3.35. The maximum absolute atomic E-state index is 12.2. The van der Waals surface area contributed by atoms with Crippen LogP contribution in [0.25, 0.3) is 0 Å². The van der Waals surface area contributed by atoms with Gasteiger partial charge in [0.15, 0.2) is 5.96 Å². The van der Waals surface area contributed by atoms with Crippen molar-refractivity contribution in [2.45, 2.75) is 32.7 Å². The van der Waals surface area contributed by atoms with Gasteiger partial charge in [-0.05, 0) is 48.2 Å². The van der Waals surface area contributed by atoms with Crippen molar-refractivity contribution in [2.75, 3.05) is 30.4 Å². The second-order valence-electron chi connectivity index (χ2n) is 7.20. The fourth-order valence-corrected chi connectivity index (χ4v) is 3.36. The molecule has 1 aliphatic heterocycles. The second kappa shape index (κ2) is 10.4. The highest BCUT2D eigenvalue weighted by molar-refractivity contribution is 5.95. The zero-order valence-corrected chi connectivity index (χ0v) is 17.6. The van der Waals surface area contributed by atoms with Gasteiger partial charge in [0.1, 0.15) is 0 Å². The third kappa shape index (κ3) is 5.83. The van der Waals surface area contributed by atoms with Crippen LogP contribution in [0, 0.1) is 0 Å². The van der Waals surface area contributed by atoms with Crippen molar-refractivity contribution in [3.8, 4) is 0 Å². The van der Waals surface area contributed by atoms with Crippen LogP contribution < -0.4 is 20.9 Å². The Morgan fingerprint density at radius 3 is 2.57 bits per heavy atom. The van der Waals surface area contributed by atoms with Crippen LogP contribution in [-0.2, 0) is 22.6 Å². The number of hydrogen-bond acceptors (Lipinski definition) is 3. The lowest BCUT2D eigenvalue weighted by atomic mass is 10.1.